The van der Waals surface area contributed by atoms with Crippen molar-refractivity contribution < 1.29 is 28.7 Å². The molecule has 0 saturated carbocycles. The highest BCUT2D eigenvalue weighted by Crippen LogP contribution is 2.42. The van der Waals surface area contributed by atoms with Crippen LogP contribution in [-0.2, 0) is 23.9 Å². The van der Waals surface area contributed by atoms with Crippen molar-refractivity contribution in [3.8, 4) is 0 Å². The van der Waals surface area contributed by atoms with E-state index in [2.05, 4.69) is 22.2 Å². The van der Waals surface area contributed by atoms with Crippen LogP contribution in [0, 0.1) is 0 Å². The summed E-state index contributed by atoms with van der Waals surface area (Å²) in [6.07, 6.45) is -0.0201. The molecule has 0 bridgehead atoms. The molecule has 1 aromatic heterocycles. The number of β-lactam (4-membered cyclic amide) rings is 1. The molecule has 3 atom stereocenters. The summed E-state index contributed by atoms with van der Waals surface area (Å²) in [6.45, 7) is 8.93. The number of thiazole rings is 1. The van der Waals surface area contributed by atoms with Gasteiger partial charge in [0.25, 0.3) is 5.91 Å². The number of benzene rings is 2. The van der Waals surface area contributed by atoms with Gasteiger partial charge >= 0.3 is 12.1 Å². The molecule has 4 N–H and O–H groups in total. The molecule has 2 aliphatic heterocycles. The summed E-state index contributed by atoms with van der Waals surface area (Å²) in [6, 6.07) is 16.4. The lowest BCUT2D eigenvalue weighted by Gasteiger charge is -2.49. The molecule has 2 aromatic carbocycles. The minimum atomic E-state index is -1.27. The predicted octanol–water partition coefficient (Wildman–Crippen LogP) is 4.46. The Morgan fingerprint density at radius 3 is 2.24 bits per heavy atom. The monoisotopic (exact) mass is 647 g/mol. The predicted molar refractivity (Wildman–Crippen MR) is 172 cm³/mol. The SMILES string of the molecule is C=CC1=C(C(=O)OC(c2ccccc2)c2ccccc2)N2C(=O)C(NC(=O)C(NC(=O)OC(C)(C)C)c3csc(N)n3)[C@@H]2SC1. The fraction of sp³-hybridized carbons (Fsp3) is 0.281. The smallest absolute Gasteiger partial charge is 0.408 e. The molecule has 0 spiro atoms. The number of nitrogens with two attached hydrogens (primary N) is 1. The molecule has 1 fully saturated rings. The second kappa shape index (κ2) is 13.2. The Balaban J connectivity index is 1.35. The number of hydrogen-bond acceptors (Lipinski definition) is 10. The van der Waals surface area contributed by atoms with Gasteiger partial charge in [0.1, 0.15) is 22.7 Å². The number of rotatable bonds is 9. The molecule has 45 heavy (non-hydrogen) atoms. The minimum Gasteiger partial charge on any atom is -0.448 e. The molecule has 0 radical (unpaired) electrons. The van der Waals surface area contributed by atoms with Gasteiger partial charge < -0.3 is 25.8 Å². The molecule has 234 valence electrons. The number of alkyl carbamates (subject to hydrolysis) is 1. The second-order valence-corrected chi connectivity index (χ2v) is 13.3. The topological polar surface area (TPSA) is 153 Å². The third-order valence-electron chi connectivity index (χ3n) is 6.92. The van der Waals surface area contributed by atoms with Crippen LogP contribution in [0.4, 0.5) is 9.93 Å². The number of ether oxygens (including phenoxy) is 2. The lowest BCUT2D eigenvalue weighted by molar-refractivity contribution is -0.154. The number of allylic oxidation sites excluding steroid dienone is 1. The van der Waals surface area contributed by atoms with Crippen LogP contribution < -0.4 is 16.4 Å². The number of fused-ring (bicyclic) bond motifs is 1. The summed E-state index contributed by atoms with van der Waals surface area (Å²) in [5.41, 5.74) is 7.34. The lowest BCUT2D eigenvalue weighted by Crippen LogP contribution is -2.71. The van der Waals surface area contributed by atoms with E-state index in [1.54, 1.807) is 26.2 Å². The maximum atomic E-state index is 13.8. The van der Waals surface area contributed by atoms with Crippen molar-refractivity contribution >= 4 is 52.1 Å². The summed E-state index contributed by atoms with van der Waals surface area (Å²) in [7, 11) is 0. The van der Waals surface area contributed by atoms with E-state index in [0.29, 0.717) is 11.3 Å². The lowest BCUT2D eigenvalue weighted by atomic mass is 10.0. The number of esters is 1. The van der Waals surface area contributed by atoms with Gasteiger partial charge in [0, 0.05) is 11.1 Å². The Labute approximate surface area is 268 Å². The standard InChI is InChI=1S/C32H33N5O6S2/c1-5-18-16-44-28-23(35-26(38)22(21-17-45-30(33)34-21)36-31(41)43-32(2,3)4)27(39)37(28)24(18)29(40)42-25(19-12-8-6-9-13-19)20-14-10-7-11-15-20/h5-15,17,22-23,25,28H,1,16H2,2-4H3,(H2,33,34)(H,35,38)(H,36,41)/t22?,23?,28-/m0/s1. The van der Waals surface area contributed by atoms with E-state index in [1.165, 1.54) is 22.7 Å². The average Bonchev–Trinajstić information content (AvgIpc) is 3.45. The summed E-state index contributed by atoms with van der Waals surface area (Å²) in [5.74, 6) is -1.51. The van der Waals surface area contributed by atoms with Crippen LogP contribution in [0.25, 0.3) is 0 Å². The fourth-order valence-electron chi connectivity index (χ4n) is 4.90. The van der Waals surface area contributed by atoms with Crippen molar-refractivity contribution in [3.05, 3.63) is 107 Å². The molecule has 11 nitrogen and oxygen atoms in total. The molecule has 13 heteroatoms. The Morgan fingerprint density at radius 1 is 1.09 bits per heavy atom. The van der Waals surface area contributed by atoms with Gasteiger partial charge in [0.05, 0.1) is 5.69 Å². The highest BCUT2D eigenvalue weighted by molar-refractivity contribution is 8.00. The highest BCUT2D eigenvalue weighted by atomic mass is 32.2. The second-order valence-electron chi connectivity index (χ2n) is 11.3. The van der Waals surface area contributed by atoms with Crippen LogP contribution >= 0.6 is 23.1 Å². The number of aromatic nitrogens is 1. The molecule has 3 heterocycles. The Morgan fingerprint density at radius 2 is 1.71 bits per heavy atom. The third-order valence-corrected chi connectivity index (χ3v) is 8.92. The Bertz CT molecular complexity index is 1600. The minimum absolute atomic E-state index is 0.0804. The van der Waals surface area contributed by atoms with E-state index in [9.17, 15) is 19.2 Å². The normalized spacial score (nSPS) is 18.4. The Kier molecular flexibility index (Phi) is 9.30. The van der Waals surface area contributed by atoms with Gasteiger partial charge in [-0.3, -0.25) is 14.5 Å². The van der Waals surface area contributed by atoms with Crippen LogP contribution in [-0.4, -0.2) is 56.5 Å². The zero-order chi connectivity index (χ0) is 32.3. The highest BCUT2D eigenvalue weighted by Gasteiger charge is 2.55. The summed E-state index contributed by atoms with van der Waals surface area (Å²) < 4.78 is 11.4. The van der Waals surface area contributed by atoms with E-state index >= 15 is 0 Å². The molecule has 3 aromatic rings. The number of hydrogen-bond donors (Lipinski definition) is 3. The first-order chi connectivity index (χ1) is 21.5. The molecule has 3 amide bonds. The number of nitrogens with one attached hydrogen (secondary N) is 2. The number of anilines is 1. The van der Waals surface area contributed by atoms with Gasteiger partial charge in [-0.2, -0.15) is 0 Å². The molecule has 1 saturated heterocycles. The number of amides is 3. The summed E-state index contributed by atoms with van der Waals surface area (Å²) >= 11 is 2.48. The van der Waals surface area contributed by atoms with Crippen molar-refractivity contribution in [2.24, 2.45) is 0 Å². The molecule has 0 aliphatic carbocycles. The first-order valence-corrected chi connectivity index (χ1v) is 16.0. The van der Waals surface area contributed by atoms with Crippen LogP contribution in [0.2, 0.25) is 0 Å². The van der Waals surface area contributed by atoms with Crippen LogP contribution in [0.15, 0.2) is 90.0 Å². The van der Waals surface area contributed by atoms with Gasteiger partial charge in [-0.05, 0) is 37.5 Å². The van der Waals surface area contributed by atoms with Crippen molar-refractivity contribution in [2.75, 3.05) is 11.5 Å². The molecular formula is C32H33N5O6S2. The number of thioether (sulfide) groups is 1. The fourth-order valence-corrected chi connectivity index (χ4v) is 6.83. The maximum Gasteiger partial charge on any atom is 0.408 e. The maximum absolute atomic E-state index is 13.8. The van der Waals surface area contributed by atoms with E-state index in [1.807, 2.05) is 60.7 Å². The number of carbonyl (C=O) groups excluding carboxylic acids is 4. The van der Waals surface area contributed by atoms with E-state index < -0.39 is 53.0 Å². The van der Waals surface area contributed by atoms with Crippen LogP contribution in [0.3, 0.4) is 0 Å². The van der Waals surface area contributed by atoms with Gasteiger partial charge in [-0.1, -0.05) is 73.3 Å². The largest absolute Gasteiger partial charge is 0.448 e. The zero-order valence-corrected chi connectivity index (χ0v) is 26.5. The quantitative estimate of drug-likeness (QED) is 0.226. The van der Waals surface area contributed by atoms with Gasteiger partial charge in [0.15, 0.2) is 17.3 Å². The van der Waals surface area contributed by atoms with E-state index in [4.69, 9.17) is 15.2 Å². The van der Waals surface area contributed by atoms with E-state index in [0.717, 1.165) is 22.5 Å². The van der Waals surface area contributed by atoms with Crippen LogP contribution in [0.1, 0.15) is 49.7 Å². The first-order valence-electron chi connectivity index (χ1n) is 14.1. The number of carbonyl (C=O) groups is 4. The van der Waals surface area contributed by atoms with Gasteiger partial charge in [-0.15, -0.1) is 23.1 Å². The van der Waals surface area contributed by atoms with E-state index in [-0.39, 0.29) is 16.5 Å². The van der Waals surface area contributed by atoms with Gasteiger partial charge in [-0.25, -0.2) is 14.6 Å². The Hall–Kier alpha value is -4.62. The van der Waals surface area contributed by atoms with Crippen LogP contribution in [0.5, 0.6) is 0 Å². The molecule has 2 unspecified atom stereocenters. The first kappa shape index (κ1) is 31.8. The molecular weight excluding hydrogens is 615 g/mol. The third kappa shape index (κ3) is 7.04. The van der Waals surface area contributed by atoms with Crippen molar-refractivity contribution in [1.82, 2.24) is 20.5 Å². The van der Waals surface area contributed by atoms with Crippen molar-refractivity contribution in [2.45, 2.75) is 49.9 Å². The summed E-state index contributed by atoms with van der Waals surface area (Å²) in [4.78, 5) is 59.0. The average molecular weight is 648 g/mol. The zero-order valence-electron chi connectivity index (χ0n) is 24.9. The molecule has 2 aliphatic rings. The molecule has 5 rings (SSSR count). The van der Waals surface area contributed by atoms with Gasteiger partial charge in [0.2, 0.25) is 5.91 Å². The summed E-state index contributed by atoms with van der Waals surface area (Å²) in [5, 5.41) is 6.41. The number of nitrogens with zero attached hydrogens (tertiary/aromatic N) is 2. The van der Waals surface area contributed by atoms with Crippen molar-refractivity contribution in [3.63, 3.8) is 0 Å². The number of nitrogen functional groups attached to an aromatic ring is 1. The van der Waals surface area contributed by atoms with Crippen molar-refractivity contribution in [1.29, 1.82) is 0 Å².